The summed E-state index contributed by atoms with van der Waals surface area (Å²) in [6.07, 6.45) is 3.33. The van der Waals surface area contributed by atoms with Gasteiger partial charge in [-0.05, 0) is 73.0 Å². The Morgan fingerprint density at radius 3 is 2.26 bits per heavy atom. The fourth-order valence-corrected chi connectivity index (χ4v) is 3.07. The van der Waals surface area contributed by atoms with Crippen molar-refractivity contribution < 1.29 is 9.18 Å². The molecule has 0 aliphatic carbocycles. The van der Waals surface area contributed by atoms with E-state index in [9.17, 15) is 9.18 Å². The van der Waals surface area contributed by atoms with Crippen LogP contribution in [0.3, 0.4) is 0 Å². The summed E-state index contributed by atoms with van der Waals surface area (Å²) in [4.78, 5) is 21.3. The van der Waals surface area contributed by atoms with Crippen LogP contribution in [0.25, 0.3) is 11.1 Å². The van der Waals surface area contributed by atoms with Gasteiger partial charge in [-0.25, -0.2) is 14.4 Å². The van der Waals surface area contributed by atoms with E-state index in [0.29, 0.717) is 17.2 Å². The predicted molar refractivity (Wildman–Crippen MR) is 121 cm³/mol. The molecule has 154 valence electrons. The molecule has 4 aromatic rings. The van der Waals surface area contributed by atoms with Crippen LogP contribution in [0.15, 0.2) is 79.1 Å². The minimum absolute atomic E-state index is 0.195. The van der Waals surface area contributed by atoms with Crippen LogP contribution >= 0.6 is 0 Å². The van der Waals surface area contributed by atoms with Gasteiger partial charge in [0.05, 0.1) is 0 Å². The van der Waals surface area contributed by atoms with E-state index in [1.165, 1.54) is 17.7 Å². The molecule has 0 saturated carbocycles. The average Bonchev–Trinajstić information content (AvgIpc) is 2.78. The molecule has 2 N–H and O–H groups in total. The molecule has 0 unspecified atom stereocenters. The van der Waals surface area contributed by atoms with Crippen molar-refractivity contribution in [2.45, 2.75) is 13.8 Å². The van der Waals surface area contributed by atoms with E-state index < -0.39 is 0 Å². The molecule has 0 atom stereocenters. The van der Waals surface area contributed by atoms with Crippen molar-refractivity contribution >= 4 is 23.2 Å². The predicted octanol–water partition coefficient (Wildman–Crippen LogP) is 5.90. The lowest BCUT2D eigenvalue weighted by molar-refractivity contribution is 0.102. The van der Waals surface area contributed by atoms with Gasteiger partial charge in [-0.2, -0.15) is 0 Å². The Morgan fingerprint density at radius 1 is 0.806 bits per heavy atom. The van der Waals surface area contributed by atoms with Gasteiger partial charge in [-0.1, -0.05) is 24.3 Å². The van der Waals surface area contributed by atoms with E-state index in [0.717, 1.165) is 22.4 Å². The number of hydrogen-bond acceptors (Lipinski definition) is 4. The van der Waals surface area contributed by atoms with Gasteiger partial charge in [0, 0.05) is 34.9 Å². The van der Waals surface area contributed by atoms with Crippen LogP contribution in [-0.2, 0) is 0 Å². The van der Waals surface area contributed by atoms with Crippen LogP contribution in [0.5, 0.6) is 0 Å². The zero-order chi connectivity index (χ0) is 21.8. The third-order valence-electron chi connectivity index (χ3n) is 4.98. The number of aryl methyl sites for hydroxylation is 2. The van der Waals surface area contributed by atoms with Crippen LogP contribution in [-0.4, -0.2) is 15.9 Å². The van der Waals surface area contributed by atoms with Crippen LogP contribution in [0.2, 0.25) is 0 Å². The summed E-state index contributed by atoms with van der Waals surface area (Å²) in [5.41, 5.74) is 5.88. The second kappa shape index (κ2) is 8.75. The van der Waals surface area contributed by atoms with Gasteiger partial charge >= 0.3 is 0 Å². The SMILES string of the molecule is Cc1ccc(NC(=O)c2cccc(Nc3ncc(-c4ccc(F)cc4)cn3)c2)cc1C. The van der Waals surface area contributed by atoms with Gasteiger partial charge in [0.1, 0.15) is 5.82 Å². The second-order valence-electron chi connectivity index (χ2n) is 7.26. The summed E-state index contributed by atoms with van der Waals surface area (Å²) < 4.78 is 13.1. The molecule has 4 rings (SSSR count). The minimum Gasteiger partial charge on any atom is -0.324 e. The fourth-order valence-electron chi connectivity index (χ4n) is 3.07. The Labute approximate surface area is 180 Å². The van der Waals surface area contributed by atoms with Gasteiger partial charge in [-0.3, -0.25) is 4.79 Å². The quantitative estimate of drug-likeness (QED) is 0.429. The zero-order valence-electron chi connectivity index (χ0n) is 17.2. The molecule has 1 amide bonds. The van der Waals surface area contributed by atoms with Gasteiger partial charge in [0.15, 0.2) is 0 Å². The molecule has 0 aliphatic heterocycles. The molecule has 6 heteroatoms. The normalized spacial score (nSPS) is 10.5. The Balaban J connectivity index is 1.46. The van der Waals surface area contributed by atoms with Crippen molar-refractivity contribution in [3.63, 3.8) is 0 Å². The van der Waals surface area contributed by atoms with E-state index in [-0.39, 0.29) is 11.7 Å². The molecule has 1 heterocycles. The molecule has 5 nitrogen and oxygen atoms in total. The van der Waals surface area contributed by atoms with Crippen molar-refractivity contribution in [3.05, 3.63) is 102 Å². The highest BCUT2D eigenvalue weighted by Crippen LogP contribution is 2.21. The number of carbonyl (C=O) groups is 1. The summed E-state index contributed by atoms with van der Waals surface area (Å²) in [7, 11) is 0. The van der Waals surface area contributed by atoms with Crippen LogP contribution in [0, 0.1) is 19.7 Å². The molecule has 31 heavy (non-hydrogen) atoms. The first kappa shape index (κ1) is 20.2. The average molecular weight is 412 g/mol. The lowest BCUT2D eigenvalue weighted by atomic mass is 10.1. The molecule has 0 fully saturated rings. The first-order valence-electron chi connectivity index (χ1n) is 9.81. The van der Waals surface area contributed by atoms with Crippen LogP contribution in [0.4, 0.5) is 21.7 Å². The number of aromatic nitrogens is 2. The maximum absolute atomic E-state index is 13.1. The minimum atomic E-state index is -0.288. The van der Waals surface area contributed by atoms with Gasteiger partial charge in [-0.15, -0.1) is 0 Å². The number of amides is 1. The van der Waals surface area contributed by atoms with Crippen molar-refractivity contribution in [2.75, 3.05) is 10.6 Å². The highest BCUT2D eigenvalue weighted by atomic mass is 19.1. The Morgan fingerprint density at radius 2 is 1.55 bits per heavy atom. The summed E-state index contributed by atoms with van der Waals surface area (Å²) in [6, 6.07) is 19.1. The van der Waals surface area contributed by atoms with Crippen molar-refractivity contribution in [1.82, 2.24) is 9.97 Å². The number of carbonyl (C=O) groups excluding carboxylic acids is 1. The number of rotatable bonds is 5. The molecule has 3 aromatic carbocycles. The molecule has 0 aliphatic rings. The van der Waals surface area contributed by atoms with E-state index in [4.69, 9.17) is 0 Å². The van der Waals surface area contributed by atoms with Gasteiger partial charge in [0.25, 0.3) is 5.91 Å². The Kier molecular flexibility index (Phi) is 5.71. The first-order chi connectivity index (χ1) is 15.0. The Hall–Kier alpha value is -4.06. The third kappa shape index (κ3) is 4.93. The fraction of sp³-hybridized carbons (Fsp3) is 0.0800. The van der Waals surface area contributed by atoms with Gasteiger partial charge < -0.3 is 10.6 Å². The molecule has 0 saturated heterocycles. The highest BCUT2D eigenvalue weighted by molar-refractivity contribution is 6.04. The zero-order valence-corrected chi connectivity index (χ0v) is 17.2. The number of nitrogens with zero attached hydrogens (tertiary/aromatic N) is 2. The third-order valence-corrected chi connectivity index (χ3v) is 4.98. The maximum Gasteiger partial charge on any atom is 0.255 e. The molecular weight excluding hydrogens is 391 g/mol. The molecule has 0 radical (unpaired) electrons. The lowest BCUT2D eigenvalue weighted by Gasteiger charge is -2.10. The molecule has 0 bridgehead atoms. The number of benzene rings is 3. The van der Waals surface area contributed by atoms with Crippen LogP contribution < -0.4 is 10.6 Å². The van der Waals surface area contributed by atoms with Gasteiger partial charge in [0.2, 0.25) is 5.95 Å². The van der Waals surface area contributed by atoms with Crippen molar-refractivity contribution in [2.24, 2.45) is 0 Å². The lowest BCUT2D eigenvalue weighted by Crippen LogP contribution is -2.12. The highest BCUT2D eigenvalue weighted by Gasteiger charge is 2.09. The Bertz CT molecular complexity index is 1220. The van der Waals surface area contributed by atoms with Crippen molar-refractivity contribution in [3.8, 4) is 11.1 Å². The topological polar surface area (TPSA) is 66.9 Å². The summed E-state index contributed by atoms with van der Waals surface area (Å²) in [5.74, 6) is -0.0820. The molecule has 1 aromatic heterocycles. The number of halogens is 1. The van der Waals surface area contributed by atoms with E-state index in [2.05, 4.69) is 20.6 Å². The number of hydrogen-bond donors (Lipinski definition) is 2. The van der Waals surface area contributed by atoms with Crippen LogP contribution in [0.1, 0.15) is 21.5 Å². The number of nitrogens with one attached hydrogen (secondary N) is 2. The van der Waals surface area contributed by atoms with E-state index in [1.807, 2.05) is 38.1 Å². The number of anilines is 3. The second-order valence-corrected chi connectivity index (χ2v) is 7.26. The monoisotopic (exact) mass is 412 g/mol. The molecular formula is C25H21FN4O. The molecule has 0 spiro atoms. The van der Waals surface area contributed by atoms with E-state index in [1.54, 1.807) is 42.7 Å². The largest absolute Gasteiger partial charge is 0.324 e. The van der Waals surface area contributed by atoms with Crippen molar-refractivity contribution in [1.29, 1.82) is 0 Å². The standard InChI is InChI=1S/C25H21FN4O/c1-16-6-11-23(12-17(16)2)29-24(31)19-4-3-5-22(13-19)30-25-27-14-20(15-28-25)18-7-9-21(26)10-8-18/h3-15H,1-2H3,(H,29,31)(H,27,28,30). The maximum atomic E-state index is 13.1. The summed E-state index contributed by atoms with van der Waals surface area (Å²) >= 11 is 0. The first-order valence-corrected chi connectivity index (χ1v) is 9.81. The smallest absolute Gasteiger partial charge is 0.255 e. The summed E-state index contributed by atoms with van der Waals surface area (Å²) in [6.45, 7) is 4.04. The summed E-state index contributed by atoms with van der Waals surface area (Å²) in [5, 5.41) is 6.03. The van der Waals surface area contributed by atoms with E-state index >= 15 is 0 Å².